The Morgan fingerprint density at radius 3 is 3.12 bits per heavy atom. The molecule has 0 aliphatic heterocycles. The molecular weight excluding hydrogens is 218 g/mol. The minimum absolute atomic E-state index is 0.0969. The molecule has 1 saturated carbocycles. The number of hydrogen-bond donors (Lipinski definition) is 1. The molecule has 1 aliphatic rings. The van der Waals surface area contributed by atoms with Crippen LogP contribution >= 0.6 is 0 Å². The fourth-order valence-corrected chi connectivity index (χ4v) is 1.66. The van der Waals surface area contributed by atoms with Crippen molar-refractivity contribution in [3.05, 3.63) is 18.1 Å². The first-order valence-electron chi connectivity index (χ1n) is 5.95. The quantitative estimate of drug-likeness (QED) is 0.602. The summed E-state index contributed by atoms with van der Waals surface area (Å²) in [5.41, 5.74) is 0. The molecule has 1 aromatic heterocycles. The molecule has 17 heavy (non-hydrogen) atoms. The highest BCUT2D eigenvalue weighted by molar-refractivity contribution is 5.85. The van der Waals surface area contributed by atoms with Crippen LogP contribution in [0.15, 0.2) is 12.3 Å². The third-order valence-electron chi connectivity index (χ3n) is 2.82. The second kappa shape index (κ2) is 5.61. The van der Waals surface area contributed by atoms with Crippen molar-refractivity contribution < 1.29 is 9.53 Å². The summed E-state index contributed by atoms with van der Waals surface area (Å²) in [4.78, 5) is 19.1. The molecule has 0 unspecified atom stereocenters. The number of hydrogen-bond acceptors (Lipinski definition) is 5. The standard InChI is InChI=1S/C12H17N3O2/c1-17-12(16)11-14-8-6-10(15-11)13-7-2-3-9-4-5-9/h6,8-9H,2-5,7H2,1H3,(H,13,14,15). The van der Waals surface area contributed by atoms with Crippen LogP contribution in [0.2, 0.25) is 0 Å². The lowest BCUT2D eigenvalue weighted by Gasteiger charge is -2.05. The number of nitrogens with one attached hydrogen (secondary N) is 1. The predicted octanol–water partition coefficient (Wildman–Crippen LogP) is 1.87. The zero-order chi connectivity index (χ0) is 12.1. The Hall–Kier alpha value is -1.65. The van der Waals surface area contributed by atoms with E-state index in [0.29, 0.717) is 5.82 Å². The third-order valence-corrected chi connectivity index (χ3v) is 2.82. The Kier molecular flexibility index (Phi) is 3.90. The van der Waals surface area contributed by atoms with Gasteiger partial charge < -0.3 is 10.1 Å². The van der Waals surface area contributed by atoms with Gasteiger partial charge in [-0.1, -0.05) is 12.8 Å². The predicted molar refractivity (Wildman–Crippen MR) is 63.8 cm³/mol. The van der Waals surface area contributed by atoms with Crippen molar-refractivity contribution in [1.29, 1.82) is 0 Å². The van der Waals surface area contributed by atoms with E-state index < -0.39 is 5.97 Å². The summed E-state index contributed by atoms with van der Waals surface area (Å²) >= 11 is 0. The van der Waals surface area contributed by atoms with Gasteiger partial charge in [-0.25, -0.2) is 14.8 Å². The van der Waals surface area contributed by atoms with Gasteiger partial charge in [0, 0.05) is 12.7 Å². The number of aromatic nitrogens is 2. The Labute approximate surface area is 101 Å². The van der Waals surface area contributed by atoms with Crippen molar-refractivity contribution in [2.75, 3.05) is 19.0 Å². The van der Waals surface area contributed by atoms with Gasteiger partial charge >= 0.3 is 5.97 Å². The molecule has 5 nitrogen and oxygen atoms in total. The van der Waals surface area contributed by atoms with Crippen LogP contribution in [0, 0.1) is 5.92 Å². The highest BCUT2D eigenvalue weighted by Gasteiger charge is 2.19. The van der Waals surface area contributed by atoms with Crippen LogP contribution in [0.4, 0.5) is 5.82 Å². The molecule has 0 saturated heterocycles. The van der Waals surface area contributed by atoms with Gasteiger partial charge in [0.15, 0.2) is 0 Å². The van der Waals surface area contributed by atoms with Gasteiger partial charge in [0.25, 0.3) is 0 Å². The van der Waals surface area contributed by atoms with Gasteiger partial charge in [-0.2, -0.15) is 0 Å². The molecule has 92 valence electrons. The van der Waals surface area contributed by atoms with Crippen LogP contribution < -0.4 is 5.32 Å². The molecule has 2 rings (SSSR count). The van der Waals surface area contributed by atoms with Gasteiger partial charge in [0.1, 0.15) is 5.82 Å². The third kappa shape index (κ3) is 3.69. The van der Waals surface area contributed by atoms with Gasteiger partial charge in [-0.15, -0.1) is 0 Å². The summed E-state index contributed by atoms with van der Waals surface area (Å²) < 4.78 is 4.56. The summed E-state index contributed by atoms with van der Waals surface area (Å²) in [5, 5.41) is 3.19. The van der Waals surface area contributed by atoms with Crippen molar-refractivity contribution in [3.8, 4) is 0 Å². The van der Waals surface area contributed by atoms with Crippen molar-refractivity contribution in [3.63, 3.8) is 0 Å². The number of esters is 1. The summed E-state index contributed by atoms with van der Waals surface area (Å²) in [6.45, 7) is 0.883. The zero-order valence-corrected chi connectivity index (χ0v) is 9.98. The highest BCUT2D eigenvalue weighted by atomic mass is 16.5. The molecule has 0 aromatic carbocycles. The van der Waals surface area contributed by atoms with Crippen LogP contribution in [0.3, 0.4) is 0 Å². The molecular formula is C12H17N3O2. The van der Waals surface area contributed by atoms with Crippen molar-refractivity contribution in [1.82, 2.24) is 9.97 Å². The Morgan fingerprint density at radius 2 is 2.41 bits per heavy atom. The maximum absolute atomic E-state index is 11.2. The normalized spacial score (nSPS) is 14.4. The largest absolute Gasteiger partial charge is 0.463 e. The van der Waals surface area contributed by atoms with E-state index in [0.717, 1.165) is 18.9 Å². The lowest BCUT2D eigenvalue weighted by molar-refractivity contribution is 0.0587. The second-order valence-electron chi connectivity index (χ2n) is 4.27. The first kappa shape index (κ1) is 11.8. The average Bonchev–Trinajstić information content (AvgIpc) is 3.18. The number of carbonyl (C=O) groups is 1. The Balaban J connectivity index is 1.80. The van der Waals surface area contributed by atoms with Crippen molar-refractivity contribution in [2.24, 2.45) is 5.92 Å². The second-order valence-corrected chi connectivity index (χ2v) is 4.27. The van der Waals surface area contributed by atoms with Crippen LogP contribution in [0.25, 0.3) is 0 Å². The van der Waals surface area contributed by atoms with E-state index in [1.165, 1.54) is 26.4 Å². The minimum atomic E-state index is -0.508. The zero-order valence-electron chi connectivity index (χ0n) is 9.98. The van der Waals surface area contributed by atoms with E-state index in [4.69, 9.17) is 0 Å². The van der Waals surface area contributed by atoms with Crippen LogP contribution in [0.1, 0.15) is 36.3 Å². The highest BCUT2D eigenvalue weighted by Crippen LogP contribution is 2.33. The molecule has 1 heterocycles. The number of methoxy groups -OCH3 is 1. The minimum Gasteiger partial charge on any atom is -0.463 e. The molecule has 1 aromatic rings. The van der Waals surface area contributed by atoms with Crippen molar-refractivity contribution >= 4 is 11.8 Å². The van der Waals surface area contributed by atoms with E-state index >= 15 is 0 Å². The molecule has 5 heteroatoms. The van der Waals surface area contributed by atoms with Gasteiger partial charge in [0.2, 0.25) is 5.82 Å². The number of ether oxygens (including phenoxy) is 1. The summed E-state index contributed by atoms with van der Waals surface area (Å²) in [7, 11) is 1.32. The maximum Gasteiger partial charge on any atom is 0.376 e. The first-order valence-corrected chi connectivity index (χ1v) is 5.95. The fraction of sp³-hybridized carbons (Fsp3) is 0.583. The number of carbonyl (C=O) groups excluding carboxylic acids is 1. The fourth-order valence-electron chi connectivity index (χ4n) is 1.66. The molecule has 0 bridgehead atoms. The topological polar surface area (TPSA) is 64.1 Å². The molecule has 0 spiro atoms. The lowest BCUT2D eigenvalue weighted by Crippen LogP contribution is -2.10. The van der Waals surface area contributed by atoms with Gasteiger partial charge in [0.05, 0.1) is 7.11 Å². The van der Waals surface area contributed by atoms with E-state index in [2.05, 4.69) is 20.0 Å². The molecule has 0 atom stereocenters. The number of rotatable bonds is 6. The Bertz CT molecular complexity index is 391. The van der Waals surface area contributed by atoms with E-state index in [1.807, 2.05) is 0 Å². The summed E-state index contributed by atoms with van der Waals surface area (Å²) in [5.74, 6) is 1.22. The molecule has 1 N–H and O–H groups in total. The summed E-state index contributed by atoms with van der Waals surface area (Å²) in [6.07, 6.45) is 6.76. The van der Waals surface area contributed by atoms with Crippen LogP contribution in [0.5, 0.6) is 0 Å². The average molecular weight is 235 g/mol. The Morgan fingerprint density at radius 1 is 1.59 bits per heavy atom. The summed E-state index contributed by atoms with van der Waals surface area (Å²) in [6, 6.07) is 1.75. The van der Waals surface area contributed by atoms with E-state index in [9.17, 15) is 4.79 Å². The van der Waals surface area contributed by atoms with E-state index in [-0.39, 0.29) is 5.82 Å². The smallest absolute Gasteiger partial charge is 0.376 e. The maximum atomic E-state index is 11.2. The molecule has 1 aliphatic carbocycles. The van der Waals surface area contributed by atoms with Crippen molar-refractivity contribution in [2.45, 2.75) is 25.7 Å². The first-order chi connectivity index (χ1) is 8.29. The molecule has 1 fully saturated rings. The number of nitrogens with zero attached hydrogens (tertiary/aromatic N) is 2. The van der Waals surface area contributed by atoms with Crippen LogP contribution in [-0.2, 0) is 4.74 Å². The van der Waals surface area contributed by atoms with Crippen LogP contribution in [-0.4, -0.2) is 29.6 Å². The van der Waals surface area contributed by atoms with Gasteiger partial charge in [-0.05, 0) is 24.8 Å². The van der Waals surface area contributed by atoms with Gasteiger partial charge in [-0.3, -0.25) is 0 Å². The molecule has 0 radical (unpaired) electrons. The molecule has 0 amide bonds. The number of anilines is 1. The monoisotopic (exact) mass is 235 g/mol. The SMILES string of the molecule is COC(=O)c1nccc(NCCCC2CC2)n1. The van der Waals surface area contributed by atoms with E-state index in [1.54, 1.807) is 12.3 Å². The lowest BCUT2D eigenvalue weighted by atomic mass is 10.2.